The summed E-state index contributed by atoms with van der Waals surface area (Å²) in [5.41, 5.74) is 8.74. The van der Waals surface area contributed by atoms with Gasteiger partial charge in [0, 0.05) is 30.5 Å². The average Bonchev–Trinajstić information content (AvgIpc) is 3.17. The largest absolute Gasteiger partial charge is 0.352 e. The summed E-state index contributed by atoms with van der Waals surface area (Å²) in [6.45, 7) is 13.1. The van der Waals surface area contributed by atoms with Crippen LogP contribution < -0.4 is 10.9 Å². The van der Waals surface area contributed by atoms with E-state index in [4.69, 9.17) is 5.10 Å². The summed E-state index contributed by atoms with van der Waals surface area (Å²) in [4.78, 5) is 26.2. The van der Waals surface area contributed by atoms with Crippen LogP contribution >= 0.6 is 0 Å². The van der Waals surface area contributed by atoms with E-state index in [1.54, 1.807) is 4.57 Å². The van der Waals surface area contributed by atoms with Gasteiger partial charge >= 0.3 is 0 Å². The van der Waals surface area contributed by atoms with Gasteiger partial charge in [-0.1, -0.05) is 35.9 Å². The maximum absolute atomic E-state index is 13.6. The molecule has 4 aromatic rings. The van der Waals surface area contributed by atoms with Crippen LogP contribution in [0.3, 0.4) is 0 Å². The van der Waals surface area contributed by atoms with E-state index in [0.29, 0.717) is 25.1 Å². The molecule has 1 N–H and O–H groups in total. The topological polar surface area (TPSA) is 68.9 Å². The molecule has 4 rings (SSSR count). The van der Waals surface area contributed by atoms with E-state index in [1.165, 1.54) is 5.56 Å². The molecule has 6 nitrogen and oxygen atoms in total. The van der Waals surface area contributed by atoms with Crippen molar-refractivity contribution in [1.29, 1.82) is 0 Å². The van der Waals surface area contributed by atoms with E-state index in [9.17, 15) is 9.59 Å². The van der Waals surface area contributed by atoms with Crippen LogP contribution in [0.5, 0.6) is 0 Å². The van der Waals surface area contributed by atoms with Crippen molar-refractivity contribution in [2.75, 3.05) is 0 Å². The van der Waals surface area contributed by atoms with Gasteiger partial charge in [-0.05, 0) is 82.3 Å². The molecule has 0 aliphatic heterocycles. The number of pyridine rings is 1. The normalized spacial score (nSPS) is 11.3. The fraction of sp³-hybridized carbons (Fsp3) is 0.345. The summed E-state index contributed by atoms with van der Waals surface area (Å²) in [6, 6.07) is 14.4. The molecule has 0 bridgehead atoms. The molecule has 0 saturated carbocycles. The number of benzene rings is 2. The summed E-state index contributed by atoms with van der Waals surface area (Å²) < 4.78 is 3.66. The molecule has 0 saturated heterocycles. The highest BCUT2D eigenvalue weighted by molar-refractivity contribution is 5.85. The zero-order valence-electron chi connectivity index (χ0n) is 21.5. The first kappa shape index (κ1) is 24.5. The third kappa shape index (κ3) is 4.78. The van der Waals surface area contributed by atoms with Gasteiger partial charge in [-0.3, -0.25) is 14.2 Å². The van der Waals surface area contributed by atoms with Crippen molar-refractivity contribution in [2.45, 2.75) is 67.5 Å². The van der Waals surface area contributed by atoms with E-state index in [1.807, 2.05) is 64.4 Å². The minimum absolute atomic E-state index is 0.0476. The quantitative estimate of drug-likeness (QED) is 0.413. The monoisotopic (exact) mass is 470 g/mol. The van der Waals surface area contributed by atoms with Gasteiger partial charge < -0.3 is 5.32 Å². The number of nitrogens with one attached hydrogen (secondary N) is 1. The number of carbonyl (C=O) groups is 1. The van der Waals surface area contributed by atoms with Gasteiger partial charge in [-0.15, -0.1) is 0 Å². The Morgan fingerprint density at radius 3 is 2.46 bits per heavy atom. The van der Waals surface area contributed by atoms with Crippen molar-refractivity contribution in [2.24, 2.45) is 0 Å². The summed E-state index contributed by atoms with van der Waals surface area (Å²) in [5.74, 6) is -0.0555. The minimum atomic E-state index is -0.0555. The van der Waals surface area contributed by atoms with Crippen LogP contribution in [0.15, 0.2) is 47.3 Å². The molecular weight excluding hydrogens is 436 g/mol. The zero-order valence-corrected chi connectivity index (χ0v) is 21.5. The van der Waals surface area contributed by atoms with Crippen LogP contribution in [0.25, 0.3) is 16.7 Å². The second kappa shape index (κ2) is 9.90. The Kier molecular flexibility index (Phi) is 6.92. The van der Waals surface area contributed by atoms with Crippen molar-refractivity contribution in [3.05, 3.63) is 91.9 Å². The summed E-state index contributed by atoms with van der Waals surface area (Å²) in [5, 5.41) is 8.81. The average molecular weight is 471 g/mol. The van der Waals surface area contributed by atoms with Crippen molar-refractivity contribution in [3.8, 4) is 5.69 Å². The first-order valence-electron chi connectivity index (χ1n) is 12.2. The van der Waals surface area contributed by atoms with Gasteiger partial charge in [0.05, 0.1) is 11.4 Å². The lowest BCUT2D eigenvalue weighted by Crippen LogP contribution is -2.28. The van der Waals surface area contributed by atoms with E-state index in [0.717, 1.165) is 44.7 Å². The fourth-order valence-corrected chi connectivity index (χ4v) is 4.81. The standard InChI is InChI=1S/C29H34N4O2/c1-7-32-28-27(22(6)31-33(28)24-10-8-9-18(2)16-24)21(5)25(29(32)35)13-14-26(34)30-17-23-15-19(3)11-12-20(23)4/h8-12,15-16H,7,13-14,17H2,1-6H3,(H,30,34). The molecule has 0 aliphatic carbocycles. The smallest absolute Gasteiger partial charge is 0.255 e. The molecule has 0 radical (unpaired) electrons. The van der Waals surface area contributed by atoms with Gasteiger partial charge in [0.1, 0.15) is 5.65 Å². The predicted octanol–water partition coefficient (Wildman–Crippen LogP) is 5.00. The Bertz CT molecular complexity index is 1480. The predicted molar refractivity (Wildman–Crippen MR) is 141 cm³/mol. The number of fused-ring (bicyclic) bond motifs is 1. The molecule has 35 heavy (non-hydrogen) atoms. The van der Waals surface area contributed by atoms with Gasteiger partial charge in [0.2, 0.25) is 5.91 Å². The maximum Gasteiger partial charge on any atom is 0.255 e. The summed E-state index contributed by atoms with van der Waals surface area (Å²) >= 11 is 0. The van der Waals surface area contributed by atoms with Crippen LogP contribution in [-0.4, -0.2) is 20.3 Å². The Morgan fingerprint density at radius 1 is 1.00 bits per heavy atom. The SMILES string of the molecule is CCn1c(=O)c(CCC(=O)NCc2cc(C)ccc2C)c(C)c2c(C)nn(-c3cccc(C)c3)c21. The third-order valence-corrected chi connectivity index (χ3v) is 6.77. The first-order valence-corrected chi connectivity index (χ1v) is 12.2. The molecule has 0 atom stereocenters. The Labute approximate surface area is 206 Å². The molecule has 2 aromatic heterocycles. The Morgan fingerprint density at radius 2 is 1.74 bits per heavy atom. The van der Waals surface area contributed by atoms with Gasteiger partial charge in [0.25, 0.3) is 5.56 Å². The van der Waals surface area contributed by atoms with Crippen molar-refractivity contribution in [1.82, 2.24) is 19.7 Å². The molecule has 0 unspecified atom stereocenters. The summed E-state index contributed by atoms with van der Waals surface area (Å²) in [6.07, 6.45) is 0.662. The molecule has 1 amide bonds. The Hall–Kier alpha value is -3.67. The molecule has 0 spiro atoms. The van der Waals surface area contributed by atoms with E-state index < -0.39 is 0 Å². The van der Waals surface area contributed by atoms with Crippen LogP contribution in [0, 0.1) is 34.6 Å². The van der Waals surface area contributed by atoms with Crippen LogP contribution in [0.1, 0.15) is 52.4 Å². The molecule has 0 fully saturated rings. The molecule has 2 aromatic carbocycles. The lowest BCUT2D eigenvalue weighted by atomic mass is 10.0. The first-order chi connectivity index (χ1) is 16.7. The van der Waals surface area contributed by atoms with Crippen LogP contribution in [-0.2, 0) is 24.3 Å². The zero-order chi connectivity index (χ0) is 25.3. The number of rotatable bonds is 7. The highest BCUT2D eigenvalue weighted by atomic mass is 16.1. The Balaban J connectivity index is 1.64. The number of aromatic nitrogens is 3. The van der Waals surface area contributed by atoms with Gasteiger partial charge in [0.15, 0.2) is 0 Å². The highest BCUT2D eigenvalue weighted by Gasteiger charge is 2.21. The minimum Gasteiger partial charge on any atom is -0.352 e. The van der Waals surface area contributed by atoms with Crippen LogP contribution in [0.2, 0.25) is 0 Å². The second-order valence-electron chi connectivity index (χ2n) is 9.39. The van der Waals surface area contributed by atoms with E-state index in [-0.39, 0.29) is 17.9 Å². The summed E-state index contributed by atoms with van der Waals surface area (Å²) in [7, 11) is 0. The highest BCUT2D eigenvalue weighted by Crippen LogP contribution is 2.26. The molecule has 2 heterocycles. The number of hydrogen-bond donors (Lipinski definition) is 1. The number of nitrogens with zero attached hydrogens (tertiary/aromatic N) is 3. The van der Waals surface area contributed by atoms with Gasteiger partial charge in [-0.25, -0.2) is 4.68 Å². The van der Waals surface area contributed by atoms with E-state index in [2.05, 4.69) is 29.6 Å². The number of carbonyl (C=O) groups excluding carboxylic acids is 1. The van der Waals surface area contributed by atoms with Crippen LogP contribution in [0.4, 0.5) is 0 Å². The lowest BCUT2D eigenvalue weighted by molar-refractivity contribution is -0.121. The third-order valence-electron chi connectivity index (χ3n) is 6.77. The fourth-order valence-electron chi connectivity index (χ4n) is 4.81. The van der Waals surface area contributed by atoms with Gasteiger partial charge in [-0.2, -0.15) is 5.10 Å². The van der Waals surface area contributed by atoms with Crippen molar-refractivity contribution in [3.63, 3.8) is 0 Å². The maximum atomic E-state index is 13.6. The number of aryl methyl sites for hydroxylation is 6. The molecular formula is C29H34N4O2. The van der Waals surface area contributed by atoms with Crippen molar-refractivity contribution < 1.29 is 4.79 Å². The molecule has 182 valence electrons. The van der Waals surface area contributed by atoms with Crippen molar-refractivity contribution >= 4 is 16.9 Å². The molecule has 0 aliphatic rings. The molecule has 6 heteroatoms. The number of hydrogen-bond acceptors (Lipinski definition) is 3. The second-order valence-corrected chi connectivity index (χ2v) is 9.39. The lowest BCUT2D eigenvalue weighted by Gasteiger charge is -2.15. The number of amides is 1. The van der Waals surface area contributed by atoms with E-state index >= 15 is 0 Å².